The summed E-state index contributed by atoms with van der Waals surface area (Å²) in [6, 6.07) is 2.01. The van der Waals surface area contributed by atoms with Gasteiger partial charge in [-0.2, -0.15) is 0 Å². The van der Waals surface area contributed by atoms with Gasteiger partial charge in [-0.25, -0.2) is 15.0 Å². The lowest BCUT2D eigenvalue weighted by Gasteiger charge is -2.33. The Bertz CT molecular complexity index is 768. The van der Waals surface area contributed by atoms with Crippen molar-refractivity contribution < 1.29 is 9.53 Å². The van der Waals surface area contributed by atoms with Crippen LogP contribution in [0.1, 0.15) is 30.9 Å². The number of likely N-dealkylation sites (tertiary alicyclic amines) is 1. The Morgan fingerprint density at radius 3 is 2.89 bits per heavy atom. The lowest BCUT2D eigenvalue weighted by molar-refractivity contribution is -0.133. The van der Waals surface area contributed by atoms with Crippen molar-refractivity contribution in [3.63, 3.8) is 0 Å². The molecule has 0 radical (unpaired) electrons. The Balaban J connectivity index is 1.86. The van der Waals surface area contributed by atoms with Gasteiger partial charge in [-0.3, -0.25) is 9.78 Å². The molecule has 3 heterocycles. The minimum atomic E-state index is 0.137. The molecule has 1 amide bonds. The van der Waals surface area contributed by atoms with Crippen molar-refractivity contribution in [2.45, 2.75) is 25.2 Å². The van der Waals surface area contributed by atoms with Crippen LogP contribution in [0.2, 0.25) is 0 Å². The van der Waals surface area contributed by atoms with Crippen LogP contribution in [0.25, 0.3) is 11.5 Å². The van der Waals surface area contributed by atoms with E-state index in [0.717, 1.165) is 30.9 Å². The molecule has 1 aliphatic rings. The van der Waals surface area contributed by atoms with Gasteiger partial charge in [-0.15, -0.1) is 0 Å². The molecule has 1 saturated heterocycles. The van der Waals surface area contributed by atoms with Gasteiger partial charge in [0.05, 0.1) is 24.9 Å². The Kier molecular flexibility index (Phi) is 6.28. The molecule has 3 rings (SSSR count). The first kappa shape index (κ1) is 19.2. The average molecular weight is 370 g/mol. The summed E-state index contributed by atoms with van der Waals surface area (Å²) in [4.78, 5) is 34.1. The minimum Gasteiger partial charge on any atom is -0.384 e. The predicted octanol–water partition coefficient (Wildman–Crippen LogP) is 1.74. The van der Waals surface area contributed by atoms with Crippen molar-refractivity contribution in [2.24, 2.45) is 0 Å². The van der Waals surface area contributed by atoms with Crippen LogP contribution < -0.4 is 4.90 Å². The van der Waals surface area contributed by atoms with Crippen LogP contribution in [0, 0.1) is 0 Å². The zero-order valence-electron chi connectivity index (χ0n) is 16.1. The number of carbonyl (C=O) groups excluding carboxylic acids is 1. The fourth-order valence-corrected chi connectivity index (χ4v) is 3.21. The molecular weight excluding hydrogens is 344 g/mol. The number of carbonyl (C=O) groups is 1. The number of ether oxygens (including phenoxy) is 1. The largest absolute Gasteiger partial charge is 0.384 e. The summed E-state index contributed by atoms with van der Waals surface area (Å²) in [6.45, 7) is 1.92. The topological polar surface area (TPSA) is 84.3 Å². The second-order valence-corrected chi connectivity index (χ2v) is 6.88. The van der Waals surface area contributed by atoms with Crippen molar-refractivity contribution in [1.82, 2.24) is 24.8 Å². The van der Waals surface area contributed by atoms with Crippen LogP contribution in [0.3, 0.4) is 0 Å². The number of anilines is 1. The molecule has 1 fully saturated rings. The zero-order valence-corrected chi connectivity index (χ0v) is 16.1. The molecule has 8 heteroatoms. The minimum absolute atomic E-state index is 0.137. The number of methoxy groups -OCH3 is 1. The van der Waals surface area contributed by atoms with Gasteiger partial charge >= 0.3 is 0 Å². The fraction of sp³-hybridized carbons (Fsp3) is 0.526. The Labute approximate surface area is 159 Å². The lowest BCUT2D eigenvalue weighted by Crippen LogP contribution is -2.39. The lowest BCUT2D eigenvalue weighted by atomic mass is 9.94. The van der Waals surface area contributed by atoms with Crippen molar-refractivity contribution >= 4 is 11.7 Å². The predicted molar refractivity (Wildman–Crippen MR) is 102 cm³/mol. The van der Waals surface area contributed by atoms with E-state index < -0.39 is 0 Å². The third-order valence-corrected chi connectivity index (χ3v) is 4.70. The quantitative estimate of drug-likeness (QED) is 0.766. The first-order valence-corrected chi connectivity index (χ1v) is 9.18. The number of rotatable bonds is 6. The highest BCUT2D eigenvalue weighted by atomic mass is 16.5. The van der Waals surface area contributed by atoms with Gasteiger partial charge in [-0.1, -0.05) is 0 Å². The third-order valence-electron chi connectivity index (χ3n) is 4.70. The molecule has 2 aromatic rings. The molecule has 1 atom stereocenters. The molecule has 0 aromatic carbocycles. The monoisotopic (exact) mass is 370 g/mol. The van der Waals surface area contributed by atoms with Crippen molar-refractivity contribution in [2.75, 3.05) is 45.8 Å². The Morgan fingerprint density at radius 2 is 2.19 bits per heavy atom. The van der Waals surface area contributed by atoms with E-state index in [-0.39, 0.29) is 11.8 Å². The number of piperidine rings is 1. The SMILES string of the molecule is COCCC(=O)N1CCCC(c2cc(N(C)C)nc(-c3cnccn3)n2)C1. The summed E-state index contributed by atoms with van der Waals surface area (Å²) in [5.74, 6) is 1.70. The van der Waals surface area contributed by atoms with E-state index in [0.29, 0.717) is 31.1 Å². The number of nitrogens with zero attached hydrogens (tertiary/aromatic N) is 6. The summed E-state index contributed by atoms with van der Waals surface area (Å²) >= 11 is 0. The molecule has 0 spiro atoms. The van der Waals surface area contributed by atoms with E-state index in [2.05, 4.69) is 15.0 Å². The summed E-state index contributed by atoms with van der Waals surface area (Å²) < 4.78 is 5.04. The van der Waals surface area contributed by atoms with Crippen LogP contribution >= 0.6 is 0 Å². The molecular formula is C19H26N6O2. The van der Waals surface area contributed by atoms with Gasteiger partial charge in [0.2, 0.25) is 5.91 Å². The molecule has 0 aliphatic carbocycles. The zero-order chi connectivity index (χ0) is 19.2. The van der Waals surface area contributed by atoms with E-state index >= 15 is 0 Å². The van der Waals surface area contributed by atoms with E-state index in [9.17, 15) is 4.79 Å². The molecule has 0 saturated carbocycles. The maximum absolute atomic E-state index is 12.4. The number of hydrogen-bond donors (Lipinski definition) is 0. The molecule has 2 aromatic heterocycles. The summed E-state index contributed by atoms with van der Waals surface area (Å²) in [5, 5.41) is 0. The first-order chi connectivity index (χ1) is 13.1. The van der Waals surface area contributed by atoms with Gasteiger partial charge in [0.1, 0.15) is 11.5 Å². The van der Waals surface area contributed by atoms with E-state index in [1.54, 1.807) is 25.7 Å². The molecule has 27 heavy (non-hydrogen) atoms. The second kappa shape index (κ2) is 8.85. The number of aromatic nitrogens is 4. The Morgan fingerprint density at radius 1 is 1.33 bits per heavy atom. The van der Waals surface area contributed by atoms with Gasteiger partial charge in [0.15, 0.2) is 5.82 Å². The smallest absolute Gasteiger partial charge is 0.224 e. The van der Waals surface area contributed by atoms with Crippen molar-refractivity contribution in [3.05, 3.63) is 30.4 Å². The van der Waals surface area contributed by atoms with E-state index in [1.165, 1.54) is 0 Å². The van der Waals surface area contributed by atoms with E-state index in [4.69, 9.17) is 9.72 Å². The standard InChI is InChI=1S/C19H26N6O2/c1-24(2)17-11-15(22-19(23-17)16-12-20-7-8-21-16)14-5-4-9-25(13-14)18(26)6-10-27-3/h7-8,11-12,14H,4-6,9-10,13H2,1-3H3. The highest BCUT2D eigenvalue weighted by molar-refractivity contribution is 5.76. The molecule has 144 valence electrons. The highest BCUT2D eigenvalue weighted by Gasteiger charge is 2.26. The molecule has 0 N–H and O–H groups in total. The maximum Gasteiger partial charge on any atom is 0.224 e. The first-order valence-electron chi connectivity index (χ1n) is 9.18. The summed E-state index contributed by atoms with van der Waals surface area (Å²) in [5.41, 5.74) is 1.59. The molecule has 8 nitrogen and oxygen atoms in total. The maximum atomic E-state index is 12.4. The average Bonchev–Trinajstić information content (AvgIpc) is 2.72. The molecule has 1 unspecified atom stereocenters. The Hall–Kier alpha value is -2.61. The van der Waals surface area contributed by atoms with Gasteiger partial charge < -0.3 is 14.5 Å². The normalized spacial score (nSPS) is 17.0. The van der Waals surface area contributed by atoms with Crippen LogP contribution in [0.15, 0.2) is 24.7 Å². The van der Waals surface area contributed by atoms with Crippen LogP contribution in [-0.4, -0.2) is 71.6 Å². The van der Waals surface area contributed by atoms with Gasteiger partial charge in [-0.05, 0) is 12.8 Å². The third kappa shape index (κ3) is 4.77. The van der Waals surface area contributed by atoms with Crippen LogP contribution in [0.5, 0.6) is 0 Å². The number of hydrogen-bond acceptors (Lipinski definition) is 7. The molecule has 1 aliphatic heterocycles. The molecule has 0 bridgehead atoms. The fourth-order valence-electron chi connectivity index (χ4n) is 3.21. The summed E-state index contributed by atoms with van der Waals surface area (Å²) in [7, 11) is 5.52. The van der Waals surface area contributed by atoms with Crippen molar-refractivity contribution in [3.8, 4) is 11.5 Å². The van der Waals surface area contributed by atoms with Crippen LogP contribution in [0.4, 0.5) is 5.82 Å². The summed E-state index contributed by atoms with van der Waals surface area (Å²) in [6.07, 6.45) is 7.31. The second-order valence-electron chi connectivity index (χ2n) is 6.88. The van der Waals surface area contributed by atoms with Gasteiger partial charge in [0.25, 0.3) is 0 Å². The van der Waals surface area contributed by atoms with E-state index in [1.807, 2.05) is 30.0 Å². The number of amides is 1. The van der Waals surface area contributed by atoms with Gasteiger partial charge in [0, 0.05) is 58.7 Å². The highest BCUT2D eigenvalue weighted by Crippen LogP contribution is 2.29. The van der Waals surface area contributed by atoms with Crippen molar-refractivity contribution in [1.29, 1.82) is 0 Å². The van der Waals surface area contributed by atoms with Crippen LogP contribution in [-0.2, 0) is 9.53 Å².